The van der Waals surface area contributed by atoms with Gasteiger partial charge in [-0.1, -0.05) is 53.2 Å². The number of allylic oxidation sites excluding steroid dienone is 4. The zero-order valence-corrected chi connectivity index (χ0v) is 58.0. The smallest absolute Gasteiger partial charge is 0.351 e. The summed E-state index contributed by atoms with van der Waals surface area (Å²) in [4.78, 5) is 59.4. The van der Waals surface area contributed by atoms with Crippen LogP contribution < -0.4 is 10.6 Å². The molecule has 23 heteroatoms. The number of hydrogen-bond donors (Lipinski definition) is 7. The lowest BCUT2D eigenvalue weighted by Gasteiger charge is -2.62. The number of carbonyl (C=O) groups is 4. The van der Waals surface area contributed by atoms with Crippen molar-refractivity contribution in [3.05, 3.63) is 23.8 Å². The number of alkyl halides is 1. The Hall–Kier alpha value is -3.11. The van der Waals surface area contributed by atoms with Crippen LogP contribution in [0.15, 0.2) is 23.8 Å². The van der Waals surface area contributed by atoms with Crippen LogP contribution in [-0.2, 0) is 61.8 Å². The zero-order chi connectivity index (χ0) is 67.9. The highest BCUT2D eigenvalue weighted by atomic mass is 19.1. The van der Waals surface area contributed by atoms with Crippen LogP contribution >= 0.6 is 0 Å². The molecule has 0 amide bonds. The van der Waals surface area contributed by atoms with E-state index in [-0.39, 0.29) is 64.0 Å². The first-order valence-corrected chi connectivity index (χ1v) is 33.6. The number of rotatable bonds is 19. The van der Waals surface area contributed by atoms with E-state index in [0.717, 1.165) is 0 Å². The van der Waals surface area contributed by atoms with Crippen LogP contribution in [-0.4, -0.2) is 241 Å². The normalized spacial score (nSPS) is 46.9. The van der Waals surface area contributed by atoms with Gasteiger partial charge >= 0.3 is 17.9 Å². The molecule has 4 aliphatic carbocycles. The number of carbonyl (C=O) groups excluding carboxylic acids is 4. The molecule has 0 aromatic carbocycles. The van der Waals surface area contributed by atoms with Crippen molar-refractivity contribution in [1.29, 1.82) is 0 Å². The summed E-state index contributed by atoms with van der Waals surface area (Å²) >= 11 is 0. The lowest BCUT2D eigenvalue weighted by atomic mass is 9.44. The Morgan fingerprint density at radius 1 is 0.879 bits per heavy atom. The van der Waals surface area contributed by atoms with Gasteiger partial charge in [0.2, 0.25) is 5.60 Å². The highest BCUT2D eigenvalue weighted by molar-refractivity contribution is 6.01. The maximum Gasteiger partial charge on any atom is 0.351 e. The molecule has 0 radical (unpaired) electrons. The van der Waals surface area contributed by atoms with E-state index in [4.69, 9.17) is 42.6 Å². The molecule has 0 bridgehead atoms. The van der Waals surface area contributed by atoms with E-state index >= 15 is 4.39 Å². The molecule has 91 heavy (non-hydrogen) atoms. The van der Waals surface area contributed by atoms with Crippen molar-refractivity contribution >= 4 is 23.7 Å². The third kappa shape index (κ3) is 13.7. The number of halogens is 1. The van der Waals surface area contributed by atoms with Gasteiger partial charge in [0.15, 0.2) is 24.0 Å². The second kappa shape index (κ2) is 28.9. The number of ketones is 1. The number of methoxy groups -OCH3 is 3. The first-order valence-electron chi connectivity index (χ1n) is 33.6. The van der Waals surface area contributed by atoms with Crippen LogP contribution in [0.25, 0.3) is 0 Å². The number of esters is 3. The van der Waals surface area contributed by atoms with Crippen LogP contribution in [0, 0.1) is 46.3 Å². The number of ether oxygens (including phenoxy) is 9. The van der Waals surface area contributed by atoms with Gasteiger partial charge in [-0.2, -0.15) is 0 Å². The number of cyclic esters (lactones) is 1. The van der Waals surface area contributed by atoms with Crippen molar-refractivity contribution in [2.45, 2.75) is 262 Å². The maximum absolute atomic E-state index is 17.9. The van der Waals surface area contributed by atoms with Gasteiger partial charge in [-0.05, 0) is 145 Å². The SMILES string of the molecule is CC[C@H]1OC(=O)[C@H](C)[C@@H](O[C@H]2C[C@@](C)(OC)[C@](O)(CNCCNCCC(=O)O[C@]3(C(=O)OC)[C@H](C)CC4C5CCC6=CC(=O)C=C[C@]6(C)[C@@]5(F)[C@@H](O)C[C@@]43C)[C@H](C)O2)[C@H](C)[C@@H](O[C@@H]2O[C@H](C)C[C@H](N(C)CC)[C@H]2O)[C@](C)(OC)C[C@@H](C)CN(C)[C@H](C)[C@@H](O)[C@]1(C)O.[HH]. The molecular weight excluding hydrogens is 1180 g/mol. The summed E-state index contributed by atoms with van der Waals surface area (Å²) in [6.07, 6.45) is -4.12. The second-order valence-electron chi connectivity index (χ2n) is 29.5. The molecule has 3 saturated carbocycles. The maximum atomic E-state index is 17.9. The molecule has 0 aromatic rings. The van der Waals surface area contributed by atoms with Crippen LogP contribution in [0.1, 0.15) is 156 Å². The van der Waals surface area contributed by atoms with E-state index < -0.39 is 153 Å². The fourth-order valence-electron chi connectivity index (χ4n) is 17.8. The standard InChI is InChI=1S/C68H115FN4O18.H2/c1-20-51-65(14,81)56(78)43(8)73(16)36-38(3)33-63(12,84-18)57(90-59-54(77)49(72(15)21-2)31-40(5)86-59)41(6)55(42(7)58(79)88-51)89-53-35-64(13,85-19)66(82,44(9)87-53)37-71-29-28-70-27-25-52(76)91-68(60(80)83-17)39(4)30-48-47-23-22-45-32-46(74)24-26-61(45,10)67(47,69)50(75)34-62(48,68)11;/h24,26,32,38-44,47-51,53-57,59,70-71,75,77-78,81-82H,20-23,25,27-31,33-37H2,1-19H3;1H/t38-,39-,40-,41+,42-,43-,44+,47?,48?,49+,50+,51-,53+,54-,55+,56-,57-,59+,61+,62+,63-,64-,65-,66+,67+,68+;/m1./s1. The molecule has 7 rings (SSSR count). The van der Waals surface area contributed by atoms with E-state index in [0.29, 0.717) is 63.9 Å². The minimum absolute atomic E-state index is 0. The van der Waals surface area contributed by atoms with Gasteiger partial charge in [0.05, 0.1) is 55.6 Å². The Balaban J connectivity index is 0.0000134. The number of nitrogens with zero attached hydrogens (tertiary/aromatic N) is 2. The van der Waals surface area contributed by atoms with Gasteiger partial charge < -0.3 is 88.6 Å². The van der Waals surface area contributed by atoms with Gasteiger partial charge in [0, 0.05) is 95.5 Å². The third-order valence-corrected chi connectivity index (χ3v) is 23.9. The largest absolute Gasteiger partial charge is 0.466 e. The molecule has 0 spiro atoms. The predicted molar refractivity (Wildman–Crippen MR) is 339 cm³/mol. The van der Waals surface area contributed by atoms with E-state index in [2.05, 4.69) is 22.5 Å². The number of aliphatic hydroxyl groups is 5. The monoisotopic (exact) mass is 1300 g/mol. The van der Waals surface area contributed by atoms with Crippen molar-refractivity contribution in [3.8, 4) is 0 Å². The number of likely N-dealkylation sites (N-methyl/N-ethyl adjacent to an activating group) is 2. The van der Waals surface area contributed by atoms with Crippen LogP contribution in [0.5, 0.6) is 0 Å². The zero-order valence-electron chi connectivity index (χ0n) is 58.0. The minimum atomic E-state index is -2.14. The van der Waals surface area contributed by atoms with E-state index in [1.54, 1.807) is 54.7 Å². The molecular formula is C68H117FN4O18. The van der Waals surface area contributed by atoms with Crippen molar-refractivity contribution in [2.75, 3.05) is 74.7 Å². The predicted octanol–water partition coefficient (Wildman–Crippen LogP) is 5.20. The van der Waals surface area contributed by atoms with E-state index in [9.17, 15) is 44.7 Å². The molecule has 22 nitrogen and oxygen atoms in total. The number of fused-ring (bicyclic) bond motifs is 5. The van der Waals surface area contributed by atoms with Crippen molar-refractivity contribution in [3.63, 3.8) is 0 Å². The molecule has 3 aliphatic heterocycles. The molecule has 7 N–H and O–H groups in total. The number of hydrogen-bond acceptors (Lipinski definition) is 22. The molecule has 0 aromatic heterocycles. The van der Waals surface area contributed by atoms with Crippen LogP contribution in [0.3, 0.4) is 0 Å². The fraction of sp³-hybridized carbons (Fsp3) is 0.882. The van der Waals surface area contributed by atoms with Gasteiger partial charge in [-0.3, -0.25) is 14.4 Å². The highest BCUT2D eigenvalue weighted by Gasteiger charge is 2.78. The molecule has 3 heterocycles. The summed E-state index contributed by atoms with van der Waals surface area (Å²) in [7, 11) is 8.15. The molecule has 524 valence electrons. The summed E-state index contributed by atoms with van der Waals surface area (Å²) in [6, 6.07) is -0.858. The third-order valence-electron chi connectivity index (χ3n) is 23.9. The van der Waals surface area contributed by atoms with Crippen LogP contribution in [0.4, 0.5) is 4.39 Å². The number of nitrogens with one attached hydrogen (secondary N) is 2. The summed E-state index contributed by atoms with van der Waals surface area (Å²) in [5.41, 5.74) is -11.7. The topological polar surface area (TPSA) is 283 Å². The first kappa shape index (κ1) is 75.3. The average Bonchev–Trinajstić information content (AvgIpc) is 1.38. The Kier molecular flexibility index (Phi) is 23.9. The molecule has 2 unspecified atom stereocenters. The fourth-order valence-corrected chi connectivity index (χ4v) is 17.8. The average molecular weight is 1300 g/mol. The van der Waals surface area contributed by atoms with E-state index in [1.807, 2.05) is 60.5 Å². The second-order valence-corrected chi connectivity index (χ2v) is 29.5. The first-order chi connectivity index (χ1) is 42.4. The minimum Gasteiger partial charge on any atom is -0.466 e. The van der Waals surface area contributed by atoms with Crippen molar-refractivity contribution in [2.24, 2.45) is 46.3 Å². The molecule has 3 saturated heterocycles. The highest BCUT2D eigenvalue weighted by Crippen LogP contribution is 2.71. The summed E-state index contributed by atoms with van der Waals surface area (Å²) in [6.45, 7) is 27.4. The van der Waals surface area contributed by atoms with Gasteiger partial charge in [-0.25, -0.2) is 9.18 Å². The summed E-state index contributed by atoms with van der Waals surface area (Å²) in [5.74, 6) is -6.01. The quantitative estimate of drug-likeness (QED) is 0.0497. The van der Waals surface area contributed by atoms with Gasteiger partial charge in [0.25, 0.3) is 0 Å². The van der Waals surface area contributed by atoms with Crippen LogP contribution in [0.2, 0.25) is 0 Å². The summed E-state index contributed by atoms with van der Waals surface area (Å²) in [5, 5.41) is 67.2. The van der Waals surface area contributed by atoms with Gasteiger partial charge in [0.1, 0.15) is 35.1 Å². The molecule has 7 aliphatic rings. The Morgan fingerprint density at radius 3 is 2.18 bits per heavy atom. The molecule has 26 atom stereocenters. The van der Waals surface area contributed by atoms with Crippen molar-refractivity contribution in [1.82, 2.24) is 20.4 Å². The summed E-state index contributed by atoms with van der Waals surface area (Å²) < 4.78 is 75.9. The Labute approximate surface area is 542 Å². The number of aliphatic hydroxyl groups excluding tert-OH is 3. The van der Waals surface area contributed by atoms with Crippen molar-refractivity contribution < 1.29 is 93.2 Å². The lowest BCUT2D eigenvalue weighted by molar-refractivity contribution is -0.337. The Morgan fingerprint density at radius 2 is 1.55 bits per heavy atom. The van der Waals surface area contributed by atoms with Gasteiger partial charge in [-0.15, -0.1) is 0 Å². The Bertz CT molecular complexity index is 2610. The van der Waals surface area contributed by atoms with E-state index in [1.165, 1.54) is 33.3 Å². The lowest BCUT2D eigenvalue weighted by Crippen LogP contribution is -2.70. The molecule has 6 fully saturated rings.